The number of hydrogen-bond acceptors (Lipinski definition) is 2. The smallest absolute Gasteiger partial charge is 0.227 e. The maximum atomic E-state index is 12.2. The lowest BCUT2D eigenvalue weighted by Gasteiger charge is -2.22. The summed E-state index contributed by atoms with van der Waals surface area (Å²) in [6, 6.07) is 2.13. The Morgan fingerprint density at radius 2 is 2.50 bits per heavy atom. The number of nitrogens with one attached hydrogen (secondary N) is 1. The highest BCUT2D eigenvalue weighted by atomic mass is 79.9. The van der Waals surface area contributed by atoms with Crippen LogP contribution in [0.1, 0.15) is 42.5 Å². The molecule has 2 rings (SSSR count). The summed E-state index contributed by atoms with van der Waals surface area (Å²) in [4.78, 5) is 13.7. The molecule has 1 N–H and O–H groups in total. The number of carbonyl (C=O) groups is 1. The third-order valence-corrected chi connectivity index (χ3v) is 5.05. The lowest BCUT2D eigenvalue weighted by Crippen LogP contribution is -2.34. The predicted molar refractivity (Wildman–Crippen MR) is 80.6 cm³/mol. The second kappa shape index (κ2) is 6.71. The molecule has 2 nitrogen and oxygen atoms in total. The van der Waals surface area contributed by atoms with E-state index in [0.717, 1.165) is 37.6 Å². The summed E-state index contributed by atoms with van der Waals surface area (Å²) in [5.41, 5.74) is 1.27. The van der Waals surface area contributed by atoms with Crippen molar-refractivity contribution in [1.29, 1.82) is 0 Å². The van der Waals surface area contributed by atoms with E-state index in [9.17, 15) is 4.79 Å². The van der Waals surface area contributed by atoms with Gasteiger partial charge in [0, 0.05) is 16.8 Å². The molecule has 0 radical (unpaired) electrons. The quantitative estimate of drug-likeness (QED) is 0.820. The fourth-order valence-electron chi connectivity index (χ4n) is 2.45. The van der Waals surface area contributed by atoms with Crippen molar-refractivity contribution in [1.82, 2.24) is 5.32 Å². The number of rotatable bonds is 5. The first kappa shape index (κ1) is 14.1. The van der Waals surface area contributed by atoms with Gasteiger partial charge in [-0.1, -0.05) is 22.9 Å². The minimum absolute atomic E-state index is 0.0937. The van der Waals surface area contributed by atoms with Crippen LogP contribution in [0.25, 0.3) is 0 Å². The number of aryl methyl sites for hydroxylation is 1. The summed E-state index contributed by atoms with van der Waals surface area (Å²) in [7, 11) is 0. The van der Waals surface area contributed by atoms with E-state index in [0.29, 0.717) is 5.92 Å². The van der Waals surface area contributed by atoms with Crippen LogP contribution in [0, 0.1) is 5.92 Å². The van der Waals surface area contributed by atoms with Crippen molar-refractivity contribution in [2.75, 3.05) is 11.9 Å². The Morgan fingerprint density at radius 3 is 3.28 bits per heavy atom. The van der Waals surface area contributed by atoms with E-state index < -0.39 is 0 Å². The molecular formula is C14H20BrNOS. The molecule has 0 saturated carbocycles. The highest BCUT2D eigenvalue weighted by Crippen LogP contribution is 2.34. The molecule has 0 bridgehead atoms. The Bertz CT molecular complexity index is 404. The fraction of sp³-hybridized carbons (Fsp3) is 0.643. The van der Waals surface area contributed by atoms with Crippen molar-refractivity contribution < 1.29 is 4.79 Å². The predicted octanol–water partition coefficient (Wildman–Crippen LogP) is 3.71. The Hall–Kier alpha value is -0.350. The lowest BCUT2D eigenvalue weighted by molar-refractivity contribution is -0.123. The van der Waals surface area contributed by atoms with Gasteiger partial charge in [-0.25, -0.2) is 0 Å². The normalized spacial score (nSPS) is 20.2. The maximum absolute atomic E-state index is 12.2. The van der Waals surface area contributed by atoms with Gasteiger partial charge in [0.1, 0.15) is 0 Å². The average molecular weight is 330 g/mol. The molecule has 1 aliphatic carbocycles. The molecular weight excluding hydrogens is 310 g/mol. The van der Waals surface area contributed by atoms with Crippen LogP contribution in [0.15, 0.2) is 11.4 Å². The molecule has 0 spiro atoms. The van der Waals surface area contributed by atoms with Crippen molar-refractivity contribution in [2.45, 2.75) is 38.5 Å². The van der Waals surface area contributed by atoms with Gasteiger partial charge in [0.2, 0.25) is 5.91 Å². The van der Waals surface area contributed by atoms with Crippen LogP contribution in [-0.4, -0.2) is 17.8 Å². The number of hydrogen-bond donors (Lipinski definition) is 1. The summed E-state index contributed by atoms with van der Waals surface area (Å²) in [6.07, 6.45) is 4.40. The number of halogens is 1. The van der Waals surface area contributed by atoms with Crippen LogP contribution in [-0.2, 0) is 11.2 Å². The summed E-state index contributed by atoms with van der Waals surface area (Å²) in [5, 5.41) is 6.23. The van der Waals surface area contributed by atoms with Gasteiger partial charge in [0.25, 0.3) is 0 Å². The number of fused-ring (bicyclic) bond motifs is 1. The molecule has 100 valence electrons. The van der Waals surface area contributed by atoms with Gasteiger partial charge in [-0.2, -0.15) is 0 Å². The van der Waals surface area contributed by atoms with Gasteiger partial charge in [-0.15, -0.1) is 11.3 Å². The van der Waals surface area contributed by atoms with Gasteiger partial charge in [0.05, 0.1) is 5.92 Å². The molecule has 0 aromatic carbocycles. The van der Waals surface area contributed by atoms with Crippen molar-refractivity contribution in [3.05, 3.63) is 21.9 Å². The minimum atomic E-state index is 0.0937. The highest BCUT2D eigenvalue weighted by molar-refractivity contribution is 9.09. The molecule has 0 saturated heterocycles. The summed E-state index contributed by atoms with van der Waals surface area (Å²) in [6.45, 7) is 2.97. The van der Waals surface area contributed by atoms with Gasteiger partial charge in [-0.05, 0) is 48.6 Å². The van der Waals surface area contributed by atoms with Crippen LogP contribution >= 0.6 is 27.3 Å². The van der Waals surface area contributed by atoms with Gasteiger partial charge in [-0.3, -0.25) is 4.79 Å². The SMILES string of the molecule is CC(CCBr)CNC(=O)C1CCCc2sccc21. The standard InChI is InChI=1S/C14H20BrNOS/c1-10(5-7-15)9-16-14(17)12-3-2-4-13-11(12)6-8-18-13/h6,8,10,12H,2-5,7,9H2,1H3,(H,16,17). The van der Waals surface area contributed by atoms with E-state index >= 15 is 0 Å². The van der Waals surface area contributed by atoms with Crippen LogP contribution in [0.4, 0.5) is 0 Å². The van der Waals surface area contributed by atoms with Gasteiger partial charge >= 0.3 is 0 Å². The lowest BCUT2D eigenvalue weighted by atomic mass is 9.87. The zero-order valence-electron chi connectivity index (χ0n) is 10.7. The molecule has 1 aliphatic rings. The number of alkyl halides is 1. The van der Waals surface area contributed by atoms with Gasteiger partial charge < -0.3 is 5.32 Å². The molecule has 18 heavy (non-hydrogen) atoms. The van der Waals surface area contributed by atoms with Crippen LogP contribution in [0.5, 0.6) is 0 Å². The Morgan fingerprint density at radius 1 is 1.67 bits per heavy atom. The first-order valence-electron chi connectivity index (χ1n) is 6.62. The maximum Gasteiger partial charge on any atom is 0.227 e. The van der Waals surface area contributed by atoms with Crippen LogP contribution < -0.4 is 5.32 Å². The molecule has 1 amide bonds. The Labute approximate surface area is 121 Å². The summed E-state index contributed by atoms with van der Waals surface area (Å²) >= 11 is 5.23. The second-order valence-electron chi connectivity index (χ2n) is 5.07. The van der Waals surface area contributed by atoms with E-state index in [2.05, 4.69) is 39.6 Å². The monoisotopic (exact) mass is 329 g/mol. The van der Waals surface area contributed by atoms with E-state index in [4.69, 9.17) is 0 Å². The number of amides is 1. The highest BCUT2D eigenvalue weighted by Gasteiger charge is 2.27. The van der Waals surface area contributed by atoms with Crippen molar-refractivity contribution in [3.63, 3.8) is 0 Å². The zero-order chi connectivity index (χ0) is 13.0. The first-order valence-corrected chi connectivity index (χ1v) is 8.62. The zero-order valence-corrected chi connectivity index (χ0v) is 13.1. The molecule has 2 atom stereocenters. The molecule has 1 aromatic heterocycles. The largest absolute Gasteiger partial charge is 0.355 e. The van der Waals surface area contributed by atoms with Gasteiger partial charge in [0.15, 0.2) is 0 Å². The summed E-state index contributed by atoms with van der Waals surface area (Å²) < 4.78 is 0. The van der Waals surface area contributed by atoms with Crippen LogP contribution in [0.3, 0.4) is 0 Å². The third-order valence-electron chi connectivity index (χ3n) is 3.60. The number of carbonyl (C=O) groups excluding carboxylic acids is 1. The van der Waals surface area contributed by atoms with Crippen LogP contribution in [0.2, 0.25) is 0 Å². The Kier molecular flexibility index (Phi) is 5.25. The summed E-state index contributed by atoms with van der Waals surface area (Å²) in [5.74, 6) is 0.853. The van der Waals surface area contributed by atoms with E-state index in [-0.39, 0.29) is 11.8 Å². The minimum Gasteiger partial charge on any atom is -0.355 e. The fourth-order valence-corrected chi connectivity index (χ4v) is 4.21. The third kappa shape index (κ3) is 3.35. The van der Waals surface area contributed by atoms with E-state index in [1.165, 1.54) is 10.4 Å². The molecule has 4 heteroatoms. The van der Waals surface area contributed by atoms with E-state index in [1.807, 2.05) is 0 Å². The molecule has 1 aromatic rings. The molecule has 2 unspecified atom stereocenters. The molecule has 0 fully saturated rings. The second-order valence-corrected chi connectivity index (χ2v) is 6.87. The van der Waals surface area contributed by atoms with Crippen molar-refractivity contribution in [3.8, 4) is 0 Å². The van der Waals surface area contributed by atoms with E-state index in [1.54, 1.807) is 11.3 Å². The molecule has 1 heterocycles. The topological polar surface area (TPSA) is 29.1 Å². The van der Waals surface area contributed by atoms with Crippen molar-refractivity contribution in [2.24, 2.45) is 5.92 Å². The Balaban J connectivity index is 1.91. The first-order chi connectivity index (χ1) is 8.72. The van der Waals surface area contributed by atoms with Crippen molar-refractivity contribution >= 4 is 33.2 Å². The number of thiophene rings is 1. The average Bonchev–Trinajstić information content (AvgIpc) is 2.84. The molecule has 0 aliphatic heterocycles.